The molecule has 82 valence electrons. The van der Waals surface area contributed by atoms with Gasteiger partial charge in [-0.25, -0.2) is 0 Å². The van der Waals surface area contributed by atoms with Crippen LogP contribution in [0, 0.1) is 11.8 Å². The van der Waals surface area contributed by atoms with Gasteiger partial charge >= 0.3 is 0 Å². The largest absolute Gasteiger partial charge is 0.356 e. The van der Waals surface area contributed by atoms with Gasteiger partial charge in [-0.15, -0.1) is 0 Å². The molecule has 0 heterocycles. The second-order valence-electron chi connectivity index (χ2n) is 4.91. The highest BCUT2D eigenvalue weighted by atomic mass is 16.1. The molecule has 0 aromatic rings. The summed E-state index contributed by atoms with van der Waals surface area (Å²) in [6.07, 6.45) is 7.38. The Morgan fingerprint density at radius 3 is 2.50 bits per heavy atom. The molecule has 0 spiro atoms. The van der Waals surface area contributed by atoms with Gasteiger partial charge < -0.3 is 5.32 Å². The normalized spacial score (nSPS) is 18.5. The third-order valence-corrected chi connectivity index (χ3v) is 2.91. The summed E-state index contributed by atoms with van der Waals surface area (Å²) in [6, 6.07) is 0. The van der Waals surface area contributed by atoms with Gasteiger partial charge in [0.15, 0.2) is 0 Å². The van der Waals surface area contributed by atoms with Gasteiger partial charge in [-0.1, -0.05) is 33.1 Å². The topological polar surface area (TPSA) is 29.1 Å². The van der Waals surface area contributed by atoms with E-state index in [1.165, 1.54) is 32.1 Å². The van der Waals surface area contributed by atoms with E-state index in [4.69, 9.17) is 0 Å². The number of hydrogen-bond donors (Lipinski definition) is 1. The molecule has 0 saturated heterocycles. The summed E-state index contributed by atoms with van der Waals surface area (Å²) in [5.74, 6) is 1.45. The van der Waals surface area contributed by atoms with Crippen molar-refractivity contribution >= 4 is 5.91 Å². The number of amides is 1. The van der Waals surface area contributed by atoms with Gasteiger partial charge in [-0.05, 0) is 24.7 Å². The van der Waals surface area contributed by atoms with Crippen molar-refractivity contribution in [2.75, 3.05) is 6.54 Å². The van der Waals surface area contributed by atoms with E-state index >= 15 is 0 Å². The van der Waals surface area contributed by atoms with Crippen LogP contribution in [0.3, 0.4) is 0 Å². The first kappa shape index (κ1) is 11.5. The van der Waals surface area contributed by atoms with Crippen LogP contribution in [0.25, 0.3) is 0 Å². The molecular weight excluding hydrogens is 174 g/mol. The molecule has 1 fully saturated rings. The molecule has 1 amide bonds. The molecule has 0 aliphatic heterocycles. The molecule has 2 nitrogen and oxygen atoms in total. The van der Waals surface area contributed by atoms with Crippen molar-refractivity contribution < 1.29 is 4.79 Å². The maximum absolute atomic E-state index is 11.4. The minimum Gasteiger partial charge on any atom is -0.356 e. The van der Waals surface area contributed by atoms with Crippen LogP contribution in [0.5, 0.6) is 0 Å². The fourth-order valence-corrected chi connectivity index (χ4v) is 2.09. The summed E-state index contributed by atoms with van der Waals surface area (Å²) < 4.78 is 0. The van der Waals surface area contributed by atoms with Gasteiger partial charge in [-0.3, -0.25) is 4.79 Å². The van der Waals surface area contributed by atoms with E-state index in [1.807, 2.05) is 0 Å². The molecule has 1 aliphatic carbocycles. The van der Waals surface area contributed by atoms with Gasteiger partial charge in [0.25, 0.3) is 0 Å². The number of hydrogen-bond acceptors (Lipinski definition) is 1. The van der Waals surface area contributed by atoms with Crippen LogP contribution in [0.2, 0.25) is 0 Å². The van der Waals surface area contributed by atoms with E-state index in [0.29, 0.717) is 12.3 Å². The van der Waals surface area contributed by atoms with E-state index in [1.54, 1.807) is 0 Å². The molecule has 0 unspecified atom stereocenters. The highest BCUT2D eigenvalue weighted by Crippen LogP contribution is 2.22. The van der Waals surface area contributed by atoms with Gasteiger partial charge in [0.2, 0.25) is 5.91 Å². The van der Waals surface area contributed by atoms with Crippen LogP contribution in [0.15, 0.2) is 0 Å². The van der Waals surface area contributed by atoms with Crippen molar-refractivity contribution in [3.8, 4) is 0 Å². The molecule has 0 atom stereocenters. The fourth-order valence-electron chi connectivity index (χ4n) is 2.09. The number of carbonyl (C=O) groups excluding carboxylic acids is 1. The van der Waals surface area contributed by atoms with Crippen LogP contribution >= 0.6 is 0 Å². The Kier molecular flexibility index (Phi) is 4.99. The molecule has 0 radical (unpaired) electrons. The maximum Gasteiger partial charge on any atom is 0.220 e. The molecule has 1 aliphatic rings. The number of carbonyl (C=O) groups is 1. The van der Waals surface area contributed by atoms with Crippen molar-refractivity contribution in [2.24, 2.45) is 11.8 Å². The predicted octanol–water partition coefficient (Wildman–Crippen LogP) is 2.73. The van der Waals surface area contributed by atoms with E-state index in [0.717, 1.165) is 12.5 Å². The maximum atomic E-state index is 11.4. The second kappa shape index (κ2) is 6.05. The van der Waals surface area contributed by atoms with Crippen LogP contribution in [0.1, 0.15) is 52.4 Å². The van der Waals surface area contributed by atoms with E-state index in [9.17, 15) is 4.79 Å². The number of rotatable bonds is 4. The lowest BCUT2D eigenvalue weighted by Crippen LogP contribution is -2.30. The van der Waals surface area contributed by atoms with Crippen LogP contribution < -0.4 is 5.32 Å². The Labute approximate surface area is 87.5 Å². The highest BCUT2D eigenvalue weighted by molar-refractivity contribution is 5.76. The van der Waals surface area contributed by atoms with Gasteiger partial charge in [-0.2, -0.15) is 0 Å². The van der Waals surface area contributed by atoms with Crippen LogP contribution in [-0.2, 0) is 4.79 Å². The Hall–Kier alpha value is -0.530. The van der Waals surface area contributed by atoms with Gasteiger partial charge in [0.05, 0.1) is 0 Å². The third kappa shape index (κ3) is 4.64. The molecular formula is C12H23NO. The predicted molar refractivity (Wildman–Crippen MR) is 59.0 cm³/mol. The SMILES string of the molecule is CC(C)CC(=O)NCC1CCCCC1. The van der Waals surface area contributed by atoms with Gasteiger partial charge in [0, 0.05) is 13.0 Å². The lowest BCUT2D eigenvalue weighted by atomic mass is 9.89. The van der Waals surface area contributed by atoms with Crippen molar-refractivity contribution in [2.45, 2.75) is 52.4 Å². The molecule has 0 aromatic carbocycles. The quantitative estimate of drug-likeness (QED) is 0.737. The average molecular weight is 197 g/mol. The molecule has 1 rings (SSSR count). The Morgan fingerprint density at radius 2 is 1.93 bits per heavy atom. The summed E-state index contributed by atoms with van der Waals surface area (Å²) in [4.78, 5) is 11.4. The van der Waals surface area contributed by atoms with E-state index < -0.39 is 0 Å². The first-order valence-electron chi connectivity index (χ1n) is 5.95. The molecule has 2 heteroatoms. The first-order valence-corrected chi connectivity index (χ1v) is 5.95. The standard InChI is InChI=1S/C12H23NO/c1-10(2)8-12(14)13-9-11-6-4-3-5-7-11/h10-11H,3-9H2,1-2H3,(H,13,14). The summed E-state index contributed by atoms with van der Waals surface area (Å²) in [6.45, 7) is 5.08. The van der Waals surface area contributed by atoms with Crippen molar-refractivity contribution in [1.29, 1.82) is 0 Å². The fraction of sp³-hybridized carbons (Fsp3) is 0.917. The lowest BCUT2D eigenvalue weighted by Gasteiger charge is -2.21. The number of nitrogens with one attached hydrogen (secondary N) is 1. The lowest BCUT2D eigenvalue weighted by molar-refractivity contribution is -0.122. The minimum atomic E-state index is 0.227. The van der Waals surface area contributed by atoms with Crippen molar-refractivity contribution in [3.63, 3.8) is 0 Å². The monoisotopic (exact) mass is 197 g/mol. The zero-order valence-electron chi connectivity index (χ0n) is 9.51. The van der Waals surface area contributed by atoms with Gasteiger partial charge in [0.1, 0.15) is 0 Å². The van der Waals surface area contributed by atoms with Crippen molar-refractivity contribution in [1.82, 2.24) is 5.32 Å². The van der Waals surface area contributed by atoms with E-state index in [-0.39, 0.29) is 5.91 Å². The van der Waals surface area contributed by atoms with Crippen molar-refractivity contribution in [3.05, 3.63) is 0 Å². The molecule has 14 heavy (non-hydrogen) atoms. The zero-order chi connectivity index (χ0) is 10.4. The highest BCUT2D eigenvalue weighted by Gasteiger charge is 2.14. The molecule has 0 aromatic heterocycles. The molecule has 1 saturated carbocycles. The van der Waals surface area contributed by atoms with Crippen LogP contribution in [0.4, 0.5) is 0 Å². The molecule has 1 N–H and O–H groups in total. The third-order valence-electron chi connectivity index (χ3n) is 2.91. The second-order valence-corrected chi connectivity index (χ2v) is 4.91. The summed E-state index contributed by atoms with van der Waals surface area (Å²) in [5.41, 5.74) is 0. The summed E-state index contributed by atoms with van der Waals surface area (Å²) in [7, 11) is 0. The summed E-state index contributed by atoms with van der Waals surface area (Å²) >= 11 is 0. The Bertz CT molecular complexity index is 171. The zero-order valence-corrected chi connectivity index (χ0v) is 9.51. The first-order chi connectivity index (χ1) is 6.68. The Morgan fingerprint density at radius 1 is 1.29 bits per heavy atom. The van der Waals surface area contributed by atoms with Crippen LogP contribution in [-0.4, -0.2) is 12.5 Å². The average Bonchev–Trinajstić information content (AvgIpc) is 2.15. The molecule has 0 bridgehead atoms. The summed E-state index contributed by atoms with van der Waals surface area (Å²) in [5, 5.41) is 3.04. The van der Waals surface area contributed by atoms with E-state index in [2.05, 4.69) is 19.2 Å². The smallest absolute Gasteiger partial charge is 0.220 e. The Balaban J connectivity index is 2.09. The minimum absolute atomic E-state index is 0.227.